The maximum atomic E-state index is 6.74. The lowest BCUT2D eigenvalue weighted by Crippen LogP contribution is -2.08. The SMILES string of the molecule is C#C/C=C\C=C(/C)c1nc(-c2ccccc2)nc(-n2c3ccccc3c3c4oc5ccccc5c4cc(-c4ccc5sc6ccccc6c5c4)c32)n1. The van der Waals surface area contributed by atoms with Gasteiger partial charge in [-0.05, 0) is 60.5 Å². The first kappa shape index (κ1) is 30.1. The predicted octanol–water partition coefficient (Wildman–Crippen LogP) is 12.2. The van der Waals surface area contributed by atoms with Gasteiger partial charge in [-0.2, -0.15) is 9.97 Å². The van der Waals surface area contributed by atoms with Crippen molar-refractivity contribution in [3.05, 3.63) is 151 Å². The first-order valence-corrected chi connectivity index (χ1v) is 17.9. The van der Waals surface area contributed by atoms with Gasteiger partial charge in [0, 0.05) is 47.5 Å². The van der Waals surface area contributed by atoms with Crippen molar-refractivity contribution in [2.75, 3.05) is 0 Å². The number of terminal acetylenes is 1. The van der Waals surface area contributed by atoms with Gasteiger partial charge in [-0.15, -0.1) is 17.8 Å². The zero-order chi connectivity index (χ0) is 34.8. The van der Waals surface area contributed by atoms with E-state index in [1.54, 1.807) is 6.08 Å². The maximum absolute atomic E-state index is 6.74. The van der Waals surface area contributed by atoms with E-state index in [1.807, 2.05) is 72.9 Å². The van der Waals surface area contributed by atoms with Crippen LogP contribution < -0.4 is 0 Å². The largest absolute Gasteiger partial charge is 0.455 e. The summed E-state index contributed by atoms with van der Waals surface area (Å²) in [6.07, 6.45) is 10.9. The fourth-order valence-electron chi connectivity index (χ4n) is 7.33. The molecule has 0 fully saturated rings. The van der Waals surface area contributed by atoms with Crippen LogP contribution in [0.25, 0.3) is 98.0 Å². The fourth-order valence-corrected chi connectivity index (χ4v) is 8.42. The lowest BCUT2D eigenvalue weighted by atomic mass is 9.97. The molecule has 5 nitrogen and oxygen atoms in total. The third kappa shape index (κ3) is 4.68. The van der Waals surface area contributed by atoms with Gasteiger partial charge in [-0.3, -0.25) is 4.57 Å². The van der Waals surface area contributed by atoms with Crippen molar-refractivity contribution in [3.63, 3.8) is 0 Å². The molecule has 0 aliphatic rings. The van der Waals surface area contributed by atoms with Crippen molar-refractivity contribution in [2.45, 2.75) is 6.92 Å². The van der Waals surface area contributed by atoms with Crippen LogP contribution in [0.4, 0.5) is 0 Å². The molecule has 6 aromatic carbocycles. The van der Waals surface area contributed by atoms with Gasteiger partial charge in [-0.1, -0.05) is 109 Å². The molecule has 0 amide bonds. The highest BCUT2D eigenvalue weighted by molar-refractivity contribution is 7.25. The Hall–Kier alpha value is -6.81. The van der Waals surface area contributed by atoms with E-state index in [1.165, 1.54) is 20.2 Å². The molecule has 4 aromatic heterocycles. The number of allylic oxidation sites excluding steroid dienone is 4. The van der Waals surface area contributed by atoms with Crippen molar-refractivity contribution in [1.82, 2.24) is 19.5 Å². The molecule has 10 aromatic rings. The summed E-state index contributed by atoms with van der Waals surface area (Å²) in [5.74, 6) is 4.22. The highest BCUT2D eigenvalue weighted by atomic mass is 32.1. The molecule has 0 N–H and O–H groups in total. The van der Waals surface area contributed by atoms with Gasteiger partial charge in [0.2, 0.25) is 5.95 Å². The van der Waals surface area contributed by atoms with Crippen LogP contribution in [0.3, 0.4) is 0 Å². The zero-order valence-corrected chi connectivity index (χ0v) is 28.9. The molecule has 52 heavy (non-hydrogen) atoms. The lowest BCUT2D eigenvalue weighted by Gasteiger charge is -2.13. The Morgan fingerprint density at radius 3 is 2.33 bits per heavy atom. The predicted molar refractivity (Wildman–Crippen MR) is 217 cm³/mol. The summed E-state index contributed by atoms with van der Waals surface area (Å²) < 4.78 is 11.5. The summed E-state index contributed by atoms with van der Waals surface area (Å²) in [5.41, 5.74) is 7.56. The Balaban J connectivity index is 1.36. The van der Waals surface area contributed by atoms with Gasteiger partial charge < -0.3 is 4.42 Å². The van der Waals surface area contributed by atoms with E-state index < -0.39 is 0 Å². The number of fused-ring (bicyclic) bond motifs is 10. The van der Waals surface area contributed by atoms with Crippen LogP contribution in [-0.4, -0.2) is 19.5 Å². The Bertz CT molecular complexity index is 3150. The molecule has 0 saturated carbocycles. The van der Waals surface area contributed by atoms with Crippen molar-refractivity contribution in [2.24, 2.45) is 0 Å². The topological polar surface area (TPSA) is 56.7 Å². The van der Waals surface area contributed by atoms with Gasteiger partial charge >= 0.3 is 0 Å². The number of rotatable bonds is 5. The van der Waals surface area contributed by atoms with Gasteiger partial charge in [0.15, 0.2) is 11.6 Å². The molecule has 4 heterocycles. The number of nitrogens with zero attached hydrogens (tertiary/aromatic N) is 4. The first-order chi connectivity index (χ1) is 25.7. The summed E-state index contributed by atoms with van der Waals surface area (Å²) in [6, 6.07) is 44.5. The third-order valence-corrected chi connectivity index (χ3v) is 10.9. The number of furan rings is 1. The van der Waals surface area contributed by atoms with E-state index in [9.17, 15) is 0 Å². The second kappa shape index (κ2) is 11.9. The molecule has 6 heteroatoms. The fraction of sp³-hybridized carbons (Fsp3) is 0.0217. The van der Waals surface area contributed by atoms with Gasteiger partial charge in [0.1, 0.15) is 11.2 Å². The zero-order valence-electron chi connectivity index (χ0n) is 28.0. The highest BCUT2D eigenvalue weighted by Gasteiger charge is 2.25. The average molecular weight is 685 g/mol. The molecule has 0 atom stereocenters. The van der Waals surface area contributed by atoms with Crippen LogP contribution in [0.2, 0.25) is 0 Å². The van der Waals surface area contributed by atoms with E-state index in [0.29, 0.717) is 17.6 Å². The lowest BCUT2D eigenvalue weighted by molar-refractivity contribution is 0.673. The minimum Gasteiger partial charge on any atom is -0.455 e. The minimum atomic E-state index is 0.516. The molecule has 0 saturated heterocycles. The van der Waals surface area contributed by atoms with Gasteiger partial charge in [0.25, 0.3) is 0 Å². The van der Waals surface area contributed by atoms with E-state index in [2.05, 4.69) is 95.4 Å². The smallest absolute Gasteiger partial charge is 0.238 e. The van der Waals surface area contributed by atoms with Crippen LogP contribution in [-0.2, 0) is 0 Å². The number of para-hydroxylation sites is 2. The Morgan fingerprint density at radius 1 is 0.712 bits per heavy atom. The number of thiophene rings is 1. The monoisotopic (exact) mass is 684 g/mol. The molecule has 0 radical (unpaired) electrons. The Kier molecular flexibility index (Phi) is 6.88. The van der Waals surface area contributed by atoms with Crippen molar-refractivity contribution in [1.29, 1.82) is 0 Å². The summed E-state index contributed by atoms with van der Waals surface area (Å²) in [7, 11) is 0. The van der Waals surface area contributed by atoms with Crippen LogP contribution in [0.15, 0.2) is 150 Å². The molecular weight excluding hydrogens is 657 g/mol. The second-order valence-corrected chi connectivity index (χ2v) is 13.9. The van der Waals surface area contributed by atoms with Crippen LogP contribution >= 0.6 is 11.3 Å². The molecule has 0 aliphatic heterocycles. The van der Waals surface area contributed by atoms with E-state index in [0.717, 1.165) is 66.0 Å². The number of hydrogen-bond donors (Lipinski definition) is 0. The summed E-state index contributed by atoms with van der Waals surface area (Å²) >= 11 is 1.82. The van der Waals surface area contributed by atoms with Gasteiger partial charge in [-0.25, -0.2) is 4.98 Å². The Morgan fingerprint density at radius 2 is 1.46 bits per heavy atom. The van der Waals surface area contributed by atoms with Crippen molar-refractivity contribution < 1.29 is 4.42 Å². The normalized spacial score (nSPS) is 12.3. The van der Waals surface area contributed by atoms with Crippen molar-refractivity contribution in [3.8, 4) is 40.8 Å². The maximum Gasteiger partial charge on any atom is 0.238 e. The molecule has 0 bridgehead atoms. The van der Waals surface area contributed by atoms with E-state index in [4.69, 9.17) is 25.8 Å². The number of aromatic nitrogens is 4. The van der Waals surface area contributed by atoms with Crippen LogP contribution in [0.1, 0.15) is 12.7 Å². The van der Waals surface area contributed by atoms with E-state index in [-0.39, 0.29) is 0 Å². The summed E-state index contributed by atoms with van der Waals surface area (Å²) in [6.45, 7) is 1.99. The van der Waals surface area contributed by atoms with E-state index >= 15 is 0 Å². The molecule has 0 aliphatic carbocycles. The minimum absolute atomic E-state index is 0.516. The highest BCUT2D eigenvalue weighted by Crippen LogP contribution is 2.46. The second-order valence-electron chi connectivity index (χ2n) is 12.8. The number of hydrogen-bond acceptors (Lipinski definition) is 5. The van der Waals surface area contributed by atoms with Crippen molar-refractivity contribution >= 4 is 80.8 Å². The Labute approximate surface area is 302 Å². The molecular formula is C46H28N4OS. The van der Waals surface area contributed by atoms with Crippen LogP contribution in [0, 0.1) is 12.3 Å². The molecule has 10 rings (SSSR count). The average Bonchev–Trinajstić information content (AvgIpc) is 3.87. The third-order valence-electron chi connectivity index (χ3n) is 9.71. The first-order valence-electron chi connectivity index (χ1n) is 17.1. The van der Waals surface area contributed by atoms with Crippen LogP contribution in [0.5, 0.6) is 0 Å². The summed E-state index contributed by atoms with van der Waals surface area (Å²) in [4.78, 5) is 15.3. The van der Waals surface area contributed by atoms with Gasteiger partial charge in [0.05, 0.1) is 16.4 Å². The number of benzene rings is 6. The standard InChI is InChI=1S/C46H28N4OS/c1-3-4-6-15-28(2)44-47-45(29-16-7-5-8-17-29)49-46(48-44)50-37-21-12-9-20-33(37)41-42(50)34(27-36-31-18-10-13-22-38(31)51-43(36)41)30-24-25-40-35(26-30)32-19-11-14-23-39(32)52-40/h1,4-27H,2H3/b6-4-,28-15+. The quantitative estimate of drug-likeness (QED) is 0.134. The molecule has 244 valence electrons. The molecule has 0 unspecified atom stereocenters. The molecule has 0 spiro atoms. The summed E-state index contributed by atoms with van der Waals surface area (Å²) in [5, 5.41) is 6.71.